The molecule has 1 fully saturated rings. The number of hydrogen-bond acceptors (Lipinski definition) is 5. The molecule has 7 nitrogen and oxygen atoms in total. The fraction of sp³-hybridized carbons (Fsp3) is 0.364. The van der Waals surface area contributed by atoms with E-state index in [9.17, 15) is 13.2 Å². The average Bonchev–Trinajstić information content (AvgIpc) is 3.11. The minimum atomic E-state index is -3.67. The van der Waals surface area contributed by atoms with Crippen molar-refractivity contribution in [3.05, 3.63) is 57.9 Å². The Labute approximate surface area is 196 Å². The number of amides is 1. The lowest BCUT2D eigenvalue weighted by atomic mass is 10.2. The minimum absolute atomic E-state index is 0.146. The first-order valence-electron chi connectivity index (χ1n) is 10.3. The summed E-state index contributed by atoms with van der Waals surface area (Å²) in [6.07, 6.45) is -0.346. The summed E-state index contributed by atoms with van der Waals surface area (Å²) in [5.41, 5.74) is 1.17. The number of halogens is 1. The Balaban J connectivity index is 1.63. The zero-order valence-corrected chi connectivity index (χ0v) is 20.4. The molecular formula is C22H24ClN3O4S2. The predicted molar refractivity (Wildman–Crippen MR) is 126 cm³/mol. The second-order valence-corrected chi connectivity index (χ2v) is 11.1. The minimum Gasteiger partial charge on any atom is -0.373 e. The summed E-state index contributed by atoms with van der Waals surface area (Å²) in [6.45, 7) is 6.88. The molecule has 1 aliphatic rings. The van der Waals surface area contributed by atoms with Crippen molar-refractivity contribution in [2.24, 2.45) is 4.99 Å². The number of benzene rings is 2. The van der Waals surface area contributed by atoms with Crippen LogP contribution in [0.4, 0.5) is 0 Å². The summed E-state index contributed by atoms with van der Waals surface area (Å²) >= 11 is 7.73. The number of nitrogens with zero attached hydrogens (tertiary/aromatic N) is 3. The molecule has 1 saturated heterocycles. The maximum absolute atomic E-state index is 13.0. The summed E-state index contributed by atoms with van der Waals surface area (Å²) < 4.78 is 35.9. The molecule has 1 aliphatic heterocycles. The third-order valence-electron chi connectivity index (χ3n) is 5.29. The maximum Gasteiger partial charge on any atom is 0.279 e. The quantitative estimate of drug-likeness (QED) is 0.551. The number of aromatic nitrogens is 1. The molecular weight excluding hydrogens is 470 g/mol. The second kappa shape index (κ2) is 9.07. The number of thiazole rings is 1. The monoisotopic (exact) mass is 493 g/mol. The third kappa shape index (κ3) is 4.40. The van der Waals surface area contributed by atoms with Crippen molar-refractivity contribution in [2.75, 3.05) is 13.1 Å². The number of para-hydroxylation sites is 1. The van der Waals surface area contributed by atoms with E-state index in [1.165, 1.54) is 39.9 Å². The number of rotatable bonds is 4. The van der Waals surface area contributed by atoms with Gasteiger partial charge in [0.2, 0.25) is 10.0 Å². The fourth-order valence-electron chi connectivity index (χ4n) is 3.86. The lowest BCUT2D eigenvalue weighted by Crippen LogP contribution is -2.48. The Morgan fingerprint density at radius 2 is 1.81 bits per heavy atom. The van der Waals surface area contributed by atoms with Crippen molar-refractivity contribution >= 4 is 49.1 Å². The molecule has 1 amide bonds. The molecule has 3 aromatic rings. The molecule has 10 heteroatoms. The van der Waals surface area contributed by atoms with Gasteiger partial charge in [-0.3, -0.25) is 4.79 Å². The molecule has 0 spiro atoms. The number of carbonyl (C=O) groups excluding carboxylic acids is 1. The van der Waals surface area contributed by atoms with Gasteiger partial charge in [0.25, 0.3) is 5.91 Å². The zero-order chi connectivity index (χ0) is 23.0. The zero-order valence-electron chi connectivity index (χ0n) is 18.0. The summed E-state index contributed by atoms with van der Waals surface area (Å²) in [6, 6.07) is 11.5. The number of morpholine rings is 1. The first-order valence-corrected chi connectivity index (χ1v) is 13.0. The highest BCUT2D eigenvalue weighted by atomic mass is 35.5. The molecule has 32 heavy (non-hydrogen) atoms. The van der Waals surface area contributed by atoms with Crippen LogP contribution in [0.2, 0.25) is 5.02 Å². The van der Waals surface area contributed by atoms with Crippen molar-refractivity contribution in [1.29, 1.82) is 0 Å². The number of fused-ring (bicyclic) bond motifs is 1. The molecule has 2 heterocycles. The van der Waals surface area contributed by atoms with Crippen LogP contribution < -0.4 is 4.80 Å². The molecule has 0 saturated carbocycles. The molecule has 0 bridgehead atoms. The van der Waals surface area contributed by atoms with Gasteiger partial charge in [-0.2, -0.15) is 9.30 Å². The van der Waals surface area contributed by atoms with Crippen LogP contribution in [0.1, 0.15) is 31.1 Å². The van der Waals surface area contributed by atoms with Gasteiger partial charge < -0.3 is 9.30 Å². The SMILES string of the molecule is CCn1c(=NC(=O)c2ccc(S(=O)(=O)N3C[C@@H](C)O[C@@H](C)C3)cc2)sc2cccc(Cl)c21. The summed E-state index contributed by atoms with van der Waals surface area (Å²) in [7, 11) is -3.67. The van der Waals surface area contributed by atoms with Gasteiger partial charge in [-0.1, -0.05) is 29.0 Å². The van der Waals surface area contributed by atoms with Crippen molar-refractivity contribution in [3.63, 3.8) is 0 Å². The van der Waals surface area contributed by atoms with Crippen LogP contribution in [0.5, 0.6) is 0 Å². The van der Waals surface area contributed by atoms with Crippen molar-refractivity contribution in [2.45, 2.75) is 44.4 Å². The molecule has 2 aromatic carbocycles. The highest BCUT2D eigenvalue weighted by Gasteiger charge is 2.32. The second-order valence-electron chi connectivity index (χ2n) is 7.74. The van der Waals surface area contributed by atoms with Crippen LogP contribution in [0.25, 0.3) is 10.2 Å². The van der Waals surface area contributed by atoms with Crippen LogP contribution >= 0.6 is 22.9 Å². The van der Waals surface area contributed by atoms with E-state index in [0.29, 0.717) is 35.0 Å². The molecule has 4 rings (SSSR count). The Morgan fingerprint density at radius 1 is 1.16 bits per heavy atom. The summed E-state index contributed by atoms with van der Waals surface area (Å²) in [5, 5.41) is 0.607. The average molecular weight is 494 g/mol. The lowest BCUT2D eigenvalue weighted by molar-refractivity contribution is -0.0440. The summed E-state index contributed by atoms with van der Waals surface area (Å²) in [4.78, 5) is 17.8. The molecule has 0 unspecified atom stereocenters. The third-order valence-corrected chi connectivity index (χ3v) is 8.48. The number of carbonyl (C=O) groups is 1. The van der Waals surface area contributed by atoms with Gasteiger partial charge in [0.15, 0.2) is 4.80 Å². The molecule has 170 valence electrons. The number of sulfonamides is 1. The van der Waals surface area contributed by atoms with Gasteiger partial charge in [0, 0.05) is 25.2 Å². The Hall–Kier alpha value is -2.04. The standard InChI is InChI=1S/C22H24ClN3O4S2/c1-4-26-20-18(23)6-5-7-19(20)31-22(26)24-21(27)16-8-10-17(11-9-16)32(28,29)25-12-14(2)30-15(3)13-25/h5-11,14-15H,4,12-13H2,1-3H3/t14-,15+. The topological polar surface area (TPSA) is 81.0 Å². The molecule has 0 N–H and O–H groups in total. The van der Waals surface area contributed by atoms with Crippen LogP contribution in [0.3, 0.4) is 0 Å². The Bertz CT molecular complexity index is 1320. The maximum atomic E-state index is 13.0. The van der Waals surface area contributed by atoms with Gasteiger partial charge in [-0.15, -0.1) is 0 Å². The van der Waals surface area contributed by atoms with Gasteiger partial charge >= 0.3 is 0 Å². The Morgan fingerprint density at radius 3 is 2.44 bits per heavy atom. The van der Waals surface area contributed by atoms with E-state index >= 15 is 0 Å². The molecule has 1 aromatic heterocycles. The van der Waals surface area contributed by atoms with Crippen molar-refractivity contribution in [1.82, 2.24) is 8.87 Å². The van der Waals surface area contributed by atoms with E-state index in [1.54, 1.807) is 0 Å². The highest BCUT2D eigenvalue weighted by Crippen LogP contribution is 2.25. The Kier molecular flexibility index (Phi) is 6.56. The lowest BCUT2D eigenvalue weighted by Gasteiger charge is -2.34. The van der Waals surface area contributed by atoms with E-state index in [-0.39, 0.29) is 17.1 Å². The predicted octanol–water partition coefficient (Wildman–Crippen LogP) is 3.92. The van der Waals surface area contributed by atoms with E-state index in [4.69, 9.17) is 16.3 Å². The largest absolute Gasteiger partial charge is 0.373 e. The van der Waals surface area contributed by atoms with Gasteiger partial charge in [0.1, 0.15) is 0 Å². The van der Waals surface area contributed by atoms with Crippen molar-refractivity contribution < 1.29 is 17.9 Å². The molecule has 0 radical (unpaired) electrons. The van der Waals surface area contributed by atoms with E-state index < -0.39 is 15.9 Å². The van der Waals surface area contributed by atoms with Crippen molar-refractivity contribution in [3.8, 4) is 0 Å². The van der Waals surface area contributed by atoms with Crippen LogP contribution in [0, 0.1) is 0 Å². The molecule has 0 aliphatic carbocycles. The normalized spacial score (nSPS) is 20.7. The summed E-state index contributed by atoms with van der Waals surface area (Å²) in [5.74, 6) is -0.438. The first-order chi connectivity index (χ1) is 15.2. The fourth-order valence-corrected chi connectivity index (χ4v) is 6.90. The van der Waals surface area contributed by atoms with Gasteiger partial charge in [-0.25, -0.2) is 8.42 Å². The molecule has 2 atom stereocenters. The van der Waals surface area contributed by atoms with Gasteiger partial charge in [0.05, 0.1) is 32.3 Å². The smallest absolute Gasteiger partial charge is 0.279 e. The van der Waals surface area contributed by atoms with E-state index in [2.05, 4.69) is 4.99 Å². The van der Waals surface area contributed by atoms with Gasteiger partial charge in [-0.05, 0) is 57.2 Å². The van der Waals surface area contributed by atoms with Crippen LogP contribution in [-0.2, 0) is 21.3 Å². The number of aryl methyl sites for hydroxylation is 1. The number of ether oxygens (including phenoxy) is 1. The first kappa shape index (κ1) is 23.1. The van der Waals surface area contributed by atoms with Crippen LogP contribution in [0.15, 0.2) is 52.4 Å². The highest BCUT2D eigenvalue weighted by molar-refractivity contribution is 7.89. The van der Waals surface area contributed by atoms with E-state index in [0.717, 1.165) is 10.2 Å². The van der Waals surface area contributed by atoms with E-state index in [1.807, 2.05) is 43.5 Å². The number of hydrogen-bond donors (Lipinski definition) is 0. The van der Waals surface area contributed by atoms with Crippen LogP contribution in [-0.4, -0.2) is 48.5 Å².